The van der Waals surface area contributed by atoms with Crippen LogP contribution in [0.5, 0.6) is 0 Å². The van der Waals surface area contributed by atoms with E-state index in [1.54, 1.807) is 18.4 Å². The lowest BCUT2D eigenvalue weighted by Gasteiger charge is -2.46. The van der Waals surface area contributed by atoms with Crippen molar-refractivity contribution in [2.75, 3.05) is 6.54 Å². The summed E-state index contributed by atoms with van der Waals surface area (Å²) in [5.41, 5.74) is 2.04. The van der Waals surface area contributed by atoms with Gasteiger partial charge in [0.15, 0.2) is 0 Å². The second-order valence-electron chi connectivity index (χ2n) is 6.18. The molecular formula is C18H18N2O2. The molecule has 2 aromatic rings. The van der Waals surface area contributed by atoms with Gasteiger partial charge in [0.1, 0.15) is 11.8 Å². The highest BCUT2D eigenvalue weighted by Gasteiger charge is 2.40. The molecule has 1 aromatic heterocycles. The molecule has 2 heterocycles. The average molecular weight is 294 g/mol. The van der Waals surface area contributed by atoms with Crippen LogP contribution in [-0.2, 0) is 0 Å². The lowest BCUT2D eigenvalue weighted by atomic mass is 9.71. The zero-order valence-corrected chi connectivity index (χ0v) is 12.3. The lowest BCUT2D eigenvalue weighted by Crippen LogP contribution is -2.59. The van der Waals surface area contributed by atoms with Crippen LogP contribution in [0.3, 0.4) is 0 Å². The van der Waals surface area contributed by atoms with Crippen LogP contribution in [0, 0.1) is 18.3 Å². The monoisotopic (exact) mass is 294 g/mol. The zero-order valence-electron chi connectivity index (χ0n) is 12.3. The summed E-state index contributed by atoms with van der Waals surface area (Å²) in [5.74, 6) is 3.14. The Kier molecular flexibility index (Phi) is 3.16. The zero-order chi connectivity index (χ0) is 15.1. The van der Waals surface area contributed by atoms with Gasteiger partial charge >= 0.3 is 0 Å². The van der Waals surface area contributed by atoms with E-state index in [1.807, 2.05) is 6.07 Å². The normalized spacial score (nSPS) is 26.8. The van der Waals surface area contributed by atoms with Gasteiger partial charge in [-0.1, -0.05) is 5.92 Å². The van der Waals surface area contributed by atoms with Gasteiger partial charge in [-0.2, -0.15) is 0 Å². The molecular weight excluding hydrogens is 276 g/mol. The van der Waals surface area contributed by atoms with Crippen LogP contribution < -0.4 is 10.6 Å². The predicted octanol–water partition coefficient (Wildman–Crippen LogP) is 2.28. The fraction of sp³-hybridized carbons (Fsp3) is 0.389. The number of hydrogen-bond donors (Lipinski definition) is 2. The number of hydrogen-bond acceptors (Lipinski definition) is 3. The van der Waals surface area contributed by atoms with Gasteiger partial charge in [-0.05, 0) is 49.9 Å². The third kappa shape index (κ3) is 2.10. The number of furan rings is 1. The molecule has 0 radical (unpaired) electrons. The number of fused-ring (bicyclic) bond motifs is 2. The third-order valence-corrected chi connectivity index (χ3v) is 5.01. The van der Waals surface area contributed by atoms with E-state index in [0.29, 0.717) is 28.7 Å². The summed E-state index contributed by atoms with van der Waals surface area (Å²) in [6, 6.07) is 6.28. The minimum absolute atomic E-state index is 0.0244. The van der Waals surface area contributed by atoms with E-state index in [2.05, 4.69) is 16.6 Å². The molecule has 1 aliphatic carbocycles. The molecule has 3 atom stereocenters. The number of piperidine rings is 1. The standard InChI is InChI=1S/C18H18N2O2/c1-2-11-10-22-17-6-3-12(9-14(11)17)18(21)20-16-7-8-19-15-5-4-13(15)16/h1,3,6,9-10,13,15-16,19H,4-5,7-8H2,(H,20,21)/t13?,15?,16-/m1/s1. The first-order chi connectivity index (χ1) is 10.8. The number of carbonyl (C=O) groups excluding carboxylic acids is 1. The molecule has 1 aliphatic heterocycles. The highest BCUT2D eigenvalue weighted by Crippen LogP contribution is 2.34. The molecule has 112 valence electrons. The molecule has 1 saturated heterocycles. The molecule has 2 fully saturated rings. The summed E-state index contributed by atoms with van der Waals surface area (Å²) in [4.78, 5) is 12.5. The van der Waals surface area contributed by atoms with E-state index in [1.165, 1.54) is 12.8 Å². The first-order valence-corrected chi connectivity index (χ1v) is 7.78. The highest BCUT2D eigenvalue weighted by atomic mass is 16.3. The van der Waals surface area contributed by atoms with Gasteiger partial charge in [0.05, 0.1) is 5.56 Å². The van der Waals surface area contributed by atoms with Gasteiger partial charge in [0, 0.05) is 23.0 Å². The SMILES string of the molecule is C#Cc1coc2ccc(C(=O)N[C@@H]3CCNC4CCC43)cc12. The van der Waals surface area contributed by atoms with Crippen molar-refractivity contribution >= 4 is 16.9 Å². The van der Waals surface area contributed by atoms with Crippen LogP contribution in [0.4, 0.5) is 0 Å². The van der Waals surface area contributed by atoms with Crippen LogP contribution in [0.15, 0.2) is 28.9 Å². The number of benzene rings is 1. The van der Waals surface area contributed by atoms with Gasteiger partial charge in [-0.25, -0.2) is 0 Å². The maximum absolute atomic E-state index is 12.5. The predicted molar refractivity (Wildman–Crippen MR) is 84.5 cm³/mol. The van der Waals surface area contributed by atoms with Crippen molar-refractivity contribution in [1.82, 2.24) is 10.6 Å². The summed E-state index contributed by atoms with van der Waals surface area (Å²) in [6.07, 6.45) is 10.4. The molecule has 2 unspecified atom stereocenters. The molecule has 1 aromatic carbocycles. The van der Waals surface area contributed by atoms with Crippen LogP contribution in [0.25, 0.3) is 11.0 Å². The van der Waals surface area contributed by atoms with E-state index in [9.17, 15) is 4.79 Å². The quantitative estimate of drug-likeness (QED) is 0.836. The summed E-state index contributed by atoms with van der Waals surface area (Å²) < 4.78 is 5.38. The summed E-state index contributed by atoms with van der Waals surface area (Å²) >= 11 is 0. The van der Waals surface area contributed by atoms with Crippen molar-refractivity contribution in [3.63, 3.8) is 0 Å². The minimum atomic E-state index is -0.0244. The van der Waals surface area contributed by atoms with E-state index in [0.717, 1.165) is 18.4 Å². The maximum Gasteiger partial charge on any atom is 0.251 e. The Morgan fingerprint density at radius 1 is 1.36 bits per heavy atom. The Morgan fingerprint density at radius 3 is 3.05 bits per heavy atom. The first-order valence-electron chi connectivity index (χ1n) is 7.78. The van der Waals surface area contributed by atoms with E-state index in [4.69, 9.17) is 10.8 Å². The third-order valence-electron chi connectivity index (χ3n) is 5.01. The molecule has 0 bridgehead atoms. The first kappa shape index (κ1) is 13.4. The van der Waals surface area contributed by atoms with Crippen molar-refractivity contribution in [2.45, 2.75) is 31.3 Å². The summed E-state index contributed by atoms with van der Waals surface area (Å²) in [6.45, 7) is 0.980. The second kappa shape index (κ2) is 5.19. The second-order valence-corrected chi connectivity index (χ2v) is 6.18. The Bertz CT molecular complexity index is 771. The number of nitrogens with one attached hydrogen (secondary N) is 2. The van der Waals surface area contributed by atoms with Gasteiger partial charge in [-0.15, -0.1) is 6.42 Å². The Hall–Kier alpha value is -2.25. The molecule has 2 N–H and O–H groups in total. The van der Waals surface area contributed by atoms with Crippen LogP contribution >= 0.6 is 0 Å². The molecule has 1 saturated carbocycles. The Morgan fingerprint density at radius 2 is 2.27 bits per heavy atom. The summed E-state index contributed by atoms with van der Waals surface area (Å²) in [7, 11) is 0. The number of amides is 1. The molecule has 4 rings (SSSR count). The van der Waals surface area contributed by atoms with Crippen molar-refractivity contribution < 1.29 is 9.21 Å². The molecule has 22 heavy (non-hydrogen) atoms. The maximum atomic E-state index is 12.5. The van der Waals surface area contributed by atoms with Gasteiger partial charge in [-0.3, -0.25) is 4.79 Å². The lowest BCUT2D eigenvalue weighted by molar-refractivity contribution is 0.0798. The van der Waals surface area contributed by atoms with Crippen molar-refractivity contribution in [1.29, 1.82) is 0 Å². The van der Waals surface area contributed by atoms with Crippen LogP contribution in [0.2, 0.25) is 0 Å². The molecule has 2 aliphatic rings. The molecule has 4 heteroatoms. The van der Waals surface area contributed by atoms with E-state index < -0.39 is 0 Å². The Balaban J connectivity index is 1.56. The number of rotatable bonds is 2. The highest BCUT2D eigenvalue weighted by molar-refractivity contribution is 5.99. The summed E-state index contributed by atoms with van der Waals surface area (Å²) in [5, 5.41) is 7.53. The molecule has 1 amide bonds. The number of carbonyl (C=O) groups is 1. The fourth-order valence-corrected chi connectivity index (χ4v) is 3.61. The van der Waals surface area contributed by atoms with Gasteiger partial charge < -0.3 is 15.1 Å². The van der Waals surface area contributed by atoms with Gasteiger partial charge in [0.2, 0.25) is 0 Å². The van der Waals surface area contributed by atoms with Gasteiger partial charge in [0.25, 0.3) is 5.91 Å². The molecule has 4 nitrogen and oxygen atoms in total. The topological polar surface area (TPSA) is 54.3 Å². The van der Waals surface area contributed by atoms with Crippen molar-refractivity contribution in [3.8, 4) is 12.3 Å². The van der Waals surface area contributed by atoms with Crippen molar-refractivity contribution in [2.24, 2.45) is 5.92 Å². The van der Waals surface area contributed by atoms with E-state index >= 15 is 0 Å². The minimum Gasteiger partial charge on any atom is -0.463 e. The fourth-order valence-electron chi connectivity index (χ4n) is 3.61. The Labute approximate surface area is 129 Å². The number of terminal acetylenes is 1. The van der Waals surface area contributed by atoms with Crippen LogP contribution in [-0.4, -0.2) is 24.5 Å². The van der Waals surface area contributed by atoms with Crippen LogP contribution in [0.1, 0.15) is 35.2 Å². The molecule has 0 spiro atoms. The van der Waals surface area contributed by atoms with Crippen molar-refractivity contribution in [3.05, 3.63) is 35.6 Å². The largest absolute Gasteiger partial charge is 0.463 e. The smallest absolute Gasteiger partial charge is 0.251 e. The average Bonchev–Trinajstić information content (AvgIpc) is 2.91. The van der Waals surface area contributed by atoms with E-state index in [-0.39, 0.29) is 11.9 Å².